The van der Waals surface area contributed by atoms with Crippen LogP contribution in [0.15, 0.2) is 54.7 Å². The Morgan fingerprint density at radius 3 is 2.73 bits per heavy atom. The van der Waals surface area contributed by atoms with Crippen molar-refractivity contribution in [3.05, 3.63) is 71.5 Å². The fourth-order valence-corrected chi connectivity index (χ4v) is 3.23. The average molecular weight is 401 g/mol. The molecule has 2 heterocycles. The number of carbonyl (C=O) groups excluding carboxylic acids is 1. The first-order valence-electron chi connectivity index (χ1n) is 9.38. The molecular weight excluding hydrogens is 382 g/mol. The molecule has 0 saturated carbocycles. The second-order valence-electron chi connectivity index (χ2n) is 6.64. The van der Waals surface area contributed by atoms with Crippen LogP contribution in [-0.2, 0) is 11.3 Å². The van der Waals surface area contributed by atoms with Crippen molar-refractivity contribution in [3.63, 3.8) is 0 Å². The van der Waals surface area contributed by atoms with Crippen LogP contribution in [-0.4, -0.2) is 31.2 Å². The number of hydrogen-bond acceptors (Lipinski definition) is 6. The lowest BCUT2D eigenvalue weighted by Crippen LogP contribution is -2.15. The second-order valence-corrected chi connectivity index (χ2v) is 6.64. The maximum atomic E-state index is 12.6. The van der Waals surface area contributed by atoms with Crippen LogP contribution in [0.25, 0.3) is 11.1 Å². The largest absolute Gasteiger partial charge is 0.486 e. The third-order valence-electron chi connectivity index (χ3n) is 4.65. The SMILES string of the molecule is COCc1ccc(C(=O)Nc2cccc(-c3ccc4c(c3)OCCO4)c2C#N)nc1. The Kier molecular flexibility index (Phi) is 5.59. The van der Waals surface area contributed by atoms with Crippen molar-refractivity contribution in [1.29, 1.82) is 5.26 Å². The molecule has 1 aromatic heterocycles. The number of aromatic nitrogens is 1. The quantitative estimate of drug-likeness (QED) is 0.699. The molecule has 0 unspecified atom stereocenters. The van der Waals surface area contributed by atoms with E-state index in [4.69, 9.17) is 14.2 Å². The molecular formula is C23H19N3O4. The van der Waals surface area contributed by atoms with Gasteiger partial charge in [0.15, 0.2) is 11.5 Å². The standard InChI is InChI=1S/C23H19N3O4/c1-28-14-15-5-7-20(25-13-15)23(27)26-19-4-2-3-17(18(19)12-24)16-6-8-21-22(11-16)30-10-9-29-21/h2-8,11,13H,9-10,14H2,1H3,(H,26,27). The zero-order chi connectivity index (χ0) is 20.9. The maximum Gasteiger partial charge on any atom is 0.274 e. The summed E-state index contributed by atoms with van der Waals surface area (Å²) < 4.78 is 16.3. The van der Waals surface area contributed by atoms with E-state index in [1.807, 2.05) is 24.3 Å². The first-order valence-corrected chi connectivity index (χ1v) is 9.38. The Morgan fingerprint density at radius 1 is 1.17 bits per heavy atom. The minimum absolute atomic E-state index is 0.253. The Balaban J connectivity index is 1.62. The molecule has 0 spiro atoms. The van der Waals surface area contributed by atoms with Gasteiger partial charge in [0.1, 0.15) is 25.0 Å². The molecule has 0 radical (unpaired) electrons. The van der Waals surface area contributed by atoms with Crippen LogP contribution in [0.3, 0.4) is 0 Å². The summed E-state index contributed by atoms with van der Waals surface area (Å²) in [6.07, 6.45) is 1.59. The summed E-state index contributed by atoms with van der Waals surface area (Å²) in [5, 5.41) is 12.6. The van der Waals surface area contributed by atoms with E-state index in [1.165, 1.54) is 0 Å². The minimum atomic E-state index is -0.394. The Labute approximate surface area is 173 Å². The van der Waals surface area contributed by atoms with Crippen molar-refractivity contribution in [3.8, 4) is 28.7 Å². The lowest BCUT2D eigenvalue weighted by Gasteiger charge is -2.19. The predicted octanol–water partition coefficient (Wildman–Crippen LogP) is 3.79. The van der Waals surface area contributed by atoms with Gasteiger partial charge < -0.3 is 19.5 Å². The number of nitrogens with zero attached hydrogens (tertiary/aromatic N) is 2. The summed E-state index contributed by atoms with van der Waals surface area (Å²) in [7, 11) is 1.60. The molecule has 1 amide bonds. The first-order chi connectivity index (χ1) is 14.7. The molecule has 150 valence electrons. The molecule has 7 heteroatoms. The number of nitriles is 1. The van der Waals surface area contributed by atoms with Gasteiger partial charge in [0.2, 0.25) is 0 Å². The lowest BCUT2D eigenvalue weighted by atomic mass is 9.98. The third-order valence-corrected chi connectivity index (χ3v) is 4.65. The molecule has 1 aliphatic rings. The van der Waals surface area contributed by atoms with Gasteiger partial charge in [-0.3, -0.25) is 9.78 Å². The highest BCUT2D eigenvalue weighted by molar-refractivity contribution is 6.04. The van der Waals surface area contributed by atoms with Crippen molar-refractivity contribution in [1.82, 2.24) is 4.98 Å². The van der Waals surface area contributed by atoms with E-state index in [1.54, 1.807) is 37.6 Å². The number of nitrogens with one attached hydrogen (secondary N) is 1. The smallest absolute Gasteiger partial charge is 0.274 e. The summed E-state index contributed by atoms with van der Waals surface area (Å²) in [5.41, 5.74) is 3.39. The zero-order valence-corrected chi connectivity index (χ0v) is 16.3. The van der Waals surface area contributed by atoms with Gasteiger partial charge >= 0.3 is 0 Å². The van der Waals surface area contributed by atoms with Gasteiger partial charge in [-0.15, -0.1) is 0 Å². The fraction of sp³-hybridized carbons (Fsp3) is 0.174. The molecule has 0 bridgehead atoms. The van der Waals surface area contributed by atoms with Crippen LogP contribution in [0.1, 0.15) is 21.6 Å². The van der Waals surface area contributed by atoms with Gasteiger partial charge in [-0.25, -0.2) is 0 Å². The number of anilines is 1. The highest BCUT2D eigenvalue weighted by Gasteiger charge is 2.17. The Bertz CT molecular complexity index is 1120. The average Bonchev–Trinajstić information content (AvgIpc) is 2.79. The number of hydrogen-bond donors (Lipinski definition) is 1. The summed E-state index contributed by atoms with van der Waals surface area (Å²) in [5.74, 6) is 0.920. The summed E-state index contributed by atoms with van der Waals surface area (Å²) in [6, 6.07) is 16.4. The molecule has 30 heavy (non-hydrogen) atoms. The minimum Gasteiger partial charge on any atom is -0.486 e. The maximum absolute atomic E-state index is 12.6. The van der Waals surface area contributed by atoms with Gasteiger partial charge in [0.05, 0.1) is 17.9 Å². The predicted molar refractivity (Wildman–Crippen MR) is 110 cm³/mol. The van der Waals surface area contributed by atoms with E-state index < -0.39 is 5.91 Å². The fourth-order valence-electron chi connectivity index (χ4n) is 3.23. The van der Waals surface area contributed by atoms with E-state index in [2.05, 4.69) is 16.4 Å². The Morgan fingerprint density at radius 2 is 2.00 bits per heavy atom. The van der Waals surface area contributed by atoms with E-state index >= 15 is 0 Å². The first kappa shape index (κ1) is 19.4. The monoisotopic (exact) mass is 401 g/mol. The zero-order valence-electron chi connectivity index (χ0n) is 16.3. The van der Waals surface area contributed by atoms with Gasteiger partial charge in [-0.1, -0.05) is 24.3 Å². The molecule has 0 fully saturated rings. The van der Waals surface area contributed by atoms with Crippen LogP contribution in [0.5, 0.6) is 11.5 Å². The van der Waals surface area contributed by atoms with Gasteiger partial charge in [-0.2, -0.15) is 5.26 Å². The van der Waals surface area contributed by atoms with Crippen molar-refractivity contribution in [2.75, 3.05) is 25.6 Å². The molecule has 7 nitrogen and oxygen atoms in total. The number of fused-ring (bicyclic) bond motifs is 1. The molecule has 1 N–H and O–H groups in total. The summed E-state index contributed by atoms with van der Waals surface area (Å²) >= 11 is 0. The van der Waals surface area contributed by atoms with Gasteiger partial charge in [0.25, 0.3) is 5.91 Å². The van der Waals surface area contributed by atoms with Crippen molar-refractivity contribution in [2.45, 2.75) is 6.61 Å². The van der Waals surface area contributed by atoms with Crippen LogP contribution in [0.4, 0.5) is 5.69 Å². The topological polar surface area (TPSA) is 93.5 Å². The van der Waals surface area contributed by atoms with Crippen LogP contribution in [0, 0.1) is 11.3 Å². The highest BCUT2D eigenvalue weighted by atomic mass is 16.6. The van der Waals surface area contributed by atoms with Crippen LogP contribution >= 0.6 is 0 Å². The molecule has 4 rings (SSSR count). The number of benzene rings is 2. The molecule has 0 atom stereocenters. The van der Waals surface area contributed by atoms with E-state index in [9.17, 15) is 10.1 Å². The van der Waals surface area contributed by atoms with Crippen LogP contribution < -0.4 is 14.8 Å². The molecule has 1 aliphatic heterocycles. The highest BCUT2D eigenvalue weighted by Crippen LogP contribution is 2.37. The number of amides is 1. The van der Waals surface area contributed by atoms with E-state index in [0.717, 1.165) is 11.1 Å². The third kappa shape index (κ3) is 3.95. The van der Waals surface area contributed by atoms with Crippen molar-refractivity contribution in [2.24, 2.45) is 0 Å². The van der Waals surface area contributed by atoms with Crippen LogP contribution in [0.2, 0.25) is 0 Å². The normalized spacial score (nSPS) is 12.1. The van der Waals surface area contributed by atoms with E-state index in [-0.39, 0.29) is 5.69 Å². The second kappa shape index (κ2) is 8.64. The van der Waals surface area contributed by atoms with Crippen molar-refractivity contribution >= 4 is 11.6 Å². The number of rotatable bonds is 5. The summed E-state index contributed by atoms with van der Waals surface area (Å²) in [6.45, 7) is 1.41. The molecule has 3 aromatic rings. The summed E-state index contributed by atoms with van der Waals surface area (Å²) in [4.78, 5) is 16.8. The lowest BCUT2D eigenvalue weighted by molar-refractivity contribution is 0.102. The Hall–Kier alpha value is -3.89. The number of carbonyl (C=O) groups is 1. The van der Waals surface area contributed by atoms with E-state index in [0.29, 0.717) is 48.1 Å². The van der Waals surface area contributed by atoms with Gasteiger partial charge in [0, 0.05) is 18.9 Å². The number of ether oxygens (including phenoxy) is 3. The van der Waals surface area contributed by atoms with Crippen molar-refractivity contribution < 1.29 is 19.0 Å². The number of methoxy groups -OCH3 is 1. The molecule has 2 aromatic carbocycles. The number of pyridine rings is 1. The van der Waals surface area contributed by atoms with Gasteiger partial charge in [-0.05, 0) is 35.4 Å². The molecule has 0 aliphatic carbocycles. The molecule has 0 saturated heterocycles.